The predicted octanol–water partition coefficient (Wildman–Crippen LogP) is 6.86. The van der Waals surface area contributed by atoms with E-state index < -0.39 is 13.6 Å². The summed E-state index contributed by atoms with van der Waals surface area (Å²) in [6.07, 6.45) is 0. The van der Waals surface area contributed by atoms with Crippen molar-refractivity contribution in [3.63, 3.8) is 0 Å². The van der Waals surface area contributed by atoms with Gasteiger partial charge < -0.3 is 0 Å². The van der Waals surface area contributed by atoms with Crippen molar-refractivity contribution in [2.45, 2.75) is 90.6 Å². The Morgan fingerprint density at radius 2 is 0.684 bits per heavy atom. The van der Waals surface area contributed by atoms with E-state index in [1.807, 2.05) is 0 Å². The van der Waals surface area contributed by atoms with Gasteiger partial charge in [0.05, 0.1) is 17.6 Å². The van der Waals surface area contributed by atoms with Crippen LogP contribution in [0, 0.1) is 0 Å². The summed E-state index contributed by atoms with van der Waals surface area (Å²) in [7, 11) is 9.73. The standard InChI is InChI=1S/2C7H17Si.Cl2Ge/c2*1-6(2)8(5)7(3)4;1-3-2/h2*6-7H,1-5H3;. The predicted molar refractivity (Wildman–Crippen MR) is 101 cm³/mol. The molecule has 0 aromatic carbocycles. The van der Waals surface area contributed by atoms with Crippen molar-refractivity contribution >= 4 is 51.2 Å². The number of halogens is 2. The first kappa shape index (κ1) is 25.5. The van der Waals surface area contributed by atoms with Gasteiger partial charge in [0.1, 0.15) is 0 Å². The van der Waals surface area contributed by atoms with E-state index in [-0.39, 0.29) is 17.6 Å². The first-order valence-electron chi connectivity index (χ1n) is 7.15. The zero-order valence-corrected chi connectivity index (χ0v) is 20.2. The second-order valence-corrected chi connectivity index (χ2v) is 17.0. The van der Waals surface area contributed by atoms with Crippen LogP contribution in [0.3, 0.4) is 0 Å². The van der Waals surface area contributed by atoms with E-state index in [2.05, 4.69) is 68.5 Å². The molecule has 0 N–H and O–H groups in total. The van der Waals surface area contributed by atoms with Crippen LogP contribution in [-0.2, 0) is 0 Å². The summed E-state index contributed by atoms with van der Waals surface area (Å²) in [5.74, 6) is 0. The molecular formula is C14H34Cl2GeSi2. The fourth-order valence-corrected chi connectivity index (χ4v) is 4.00. The molecule has 0 aromatic heterocycles. The van der Waals surface area contributed by atoms with Crippen LogP contribution in [0.1, 0.15) is 55.4 Å². The van der Waals surface area contributed by atoms with Crippen LogP contribution in [0.5, 0.6) is 0 Å². The average Bonchev–Trinajstić information content (AvgIpc) is 2.28. The molecule has 0 aromatic rings. The van der Waals surface area contributed by atoms with Gasteiger partial charge in [0.25, 0.3) is 0 Å². The van der Waals surface area contributed by atoms with Crippen LogP contribution in [0.25, 0.3) is 0 Å². The second kappa shape index (κ2) is 15.9. The molecule has 0 saturated heterocycles. The van der Waals surface area contributed by atoms with Gasteiger partial charge >= 0.3 is 33.6 Å². The van der Waals surface area contributed by atoms with E-state index in [4.69, 9.17) is 20.0 Å². The Hall–Kier alpha value is 1.56. The van der Waals surface area contributed by atoms with Crippen molar-refractivity contribution in [2.75, 3.05) is 0 Å². The first-order valence-corrected chi connectivity index (χ1v) is 17.0. The molecule has 0 saturated carbocycles. The molecule has 0 atom stereocenters. The number of hydrogen-bond donors (Lipinski definition) is 0. The van der Waals surface area contributed by atoms with Gasteiger partial charge in [-0.2, -0.15) is 0 Å². The zero-order valence-electron chi connectivity index (χ0n) is 14.6. The summed E-state index contributed by atoms with van der Waals surface area (Å²) in [5.41, 5.74) is 3.78. The third-order valence-electron chi connectivity index (χ3n) is 3.64. The van der Waals surface area contributed by atoms with Crippen LogP contribution in [-0.4, -0.2) is 31.2 Å². The summed E-state index contributed by atoms with van der Waals surface area (Å²) < 4.78 is 0. The topological polar surface area (TPSA) is 0 Å². The van der Waals surface area contributed by atoms with Gasteiger partial charge in [-0.05, 0) is 0 Å². The Morgan fingerprint density at radius 1 is 0.579 bits per heavy atom. The van der Waals surface area contributed by atoms with Crippen molar-refractivity contribution in [2.24, 2.45) is 0 Å². The van der Waals surface area contributed by atoms with E-state index in [9.17, 15) is 0 Å². The Labute approximate surface area is 141 Å². The first-order chi connectivity index (χ1) is 8.52. The SMILES string of the molecule is CC(C)[Si](C)C(C)C.CC(C)[Si](C)C(C)C.[Cl][Ge][Cl]. The molecule has 0 unspecified atom stereocenters. The molecule has 0 aliphatic carbocycles. The second-order valence-electron chi connectivity index (χ2n) is 6.18. The Bertz CT molecular complexity index is 143. The molecule has 0 nitrogen and oxygen atoms in total. The van der Waals surface area contributed by atoms with Crippen molar-refractivity contribution < 1.29 is 0 Å². The molecule has 116 valence electrons. The normalized spacial score (nSPS) is 11.1. The third kappa shape index (κ3) is 19.6. The fourth-order valence-electron chi connectivity index (χ4n) is 1.33. The summed E-state index contributed by atoms with van der Waals surface area (Å²) in [4.78, 5) is 0. The molecule has 0 aliphatic rings. The van der Waals surface area contributed by atoms with Crippen LogP contribution in [0.15, 0.2) is 0 Å². The van der Waals surface area contributed by atoms with Gasteiger partial charge in [-0.3, -0.25) is 0 Å². The van der Waals surface area contributed by atoms with Crippen molar-refractivity contribution in [1.82, 2.24) is 0 Å². The molecule has 5 heteroatoms. The van der Waals surface area contributed by atoms with Gasteiger partial charge in [-0.15, -0.1) is 0 Å². The summed E-state index contributed by atoms with van der Waals surface area (Å²) in [6, 6.07) is 0. The molecule has 0 amide bonds. The van der Waals surface area contributed by atoms with Gasteiger partial charge in [-0.25, -0.2) is 0 Å². The summed E-state index contributed by atoms with van der Waals surface area (Å²) in [6.45, 7) is 23.5. The van der Waals surface area contributed by atoms with Crippen LogP contribution >= 0.6 is 20.0 Å². The Balaban J connectivity index is -0.000000224. The molecule has 0 spiro atoms. The molecule has 0 bridgehead atoms. The van der Waals surface area contributed by atoms with Gasteiger partial charge in [0.15, 0.2) is 0 Å². The van der Waals surface area contributed by atoms with E-state index in [0.29, 0.717) is 0 Å². The van der Waals surface area contributed by atoms with Gasteiger partial charge in [0.2, 0.25) is 0 Å². The molecule has 0 aliphatic heterocycles. The molecule has 19 heavy (non-hydrogen) atoms. The Morgan fingerprint density at radius 3 is 0.684 bits per heavy atom. The minimum atomic E-state index is -0.556. The summed E-state index contributed by atoms with van der Waals surface area (Å²) in [5, 5.41) is 0. The van der Waals surface area contributed by atoms with E-state index in [1.54, 1.807) is 0 Å². The quantitative estimate of drug-likeness (QED) is 0.451. The maximum absolute atomic E-state index is 4.89. The van der Waals surface area contributed by atoms with E-state index in [0.717, 1.165) is 22.2 Å². The number of hydrogen-bond acceptors (Lipinski definition) is 0. The van der Waals surface area contributed by atoms with Crippen LogP contribution < -0.4 is 0 Å². The van der Waals surface area contributed by atoms with Crippen molar-refractivity contribution in [3.05, 3.63) is 0 Å². The Kier molecular flexibility index (Phi) is 21.4. The van der Waals surface area contributed by atoms with Gasteiger partial charge in [-0.1, -0.05) is 90.6 Å². The van der Waals surface area contributed by atoms with Gasteiger partial charge in [0, 0.05) is 0 Å². The maximum atomic E-state index is 4.89. The van der Waals surface area contributed by atoms with E-state index in [1.165, 1.54) is 0 Å². The summed E-state index contributed by atoms with van der Waals surface area (Å²) >= 11 is -0.556. The van der Waals surface area contributed by atoms with Crippen molar-refractivity contribution in [1.29, 1.82) is 0 Å². The van der Waals surface area contributed by atoms with E-state index >= 15 is 0 Å². The average molecular weight is 402 g/mol. The molecule has 0 fully saturated rings. The van der Waals surface area contributed by atoms with Crippen LogP contribution in [0.2, 0.25) is 35.3 Å². The van der Waals surface area contributed by atoms with Crippen molar-refractivity contribution in [3.8, 4) is 0 Å². The molecule has 0 heterocycles. The molecule has 0 rings (SSSR count). The minimum absolute atomic E-state index is 0.0237. The molecule has 4 radical (unpaired) electrons. The molecular weight excluding hydrogens is 368 g/mol. The zero-order chi connectivity index (χ0) is 16.2. The fraction of sp³-hybridized carbons (Fsp3) is 1.00. The monoisotopic (exact) mass is 402 g/mol. The number of rotatable bonds is 4. The third-order valence-corrected chi connectivity index (χ3v) is 10.9. The van der Waals surface area contributed by atoms with Crippen LogP contribution in [0.4, 0.5) is 0 Å².